The van der Waals surface area contributed by atoms with Gasteiger partial charge in [-0.05, 0) is 56.5 Å². The summed E-state index contributed by atoms with van der Waals surface area (Å²) in [4.78, 5) is 3.39. The first kappa shape index (κ1) is 10.2. The lowest BCUT2D eigenvalue weighted by Gasteiger charge is -2.00. The summed E-state index contributed by atoms with van der Waals surface area (Å²) in [5.41, 5.74) is 10.8. The van der Waals surface area contributed by atoms with E-state index in [4.69, 9.17) is 5.73 Å². The van der Waals surface area contributed by atoms with E-state index >= 15 is 0 Å². The summed E-state index contributed by atoms with van der Waals surface area (Å²) in [6, 6.07) is 6.64. The van der Waals surface area contributed by atoms with Crippen molar-refractivity contribution in [1.82, 2.24) is 4.98 Å². The topological polar surface area (TPSA) is 41.8 Å². The van der Waals surface area contributed by atoms with Gasteiger partial charge in [0.15, 0.2) is 0 Å². The summed E-state index contributed by atoms with van der Waals surface area (Å²) in [7, 11) is 0. The molecule has 0 radical (unpaired) electrons. The third-order valence-corrected chi connectivity index (χ3v) is 3.04. The van der Waals surface area contributed by atoms with Crippen molar-refractivity contribution in [3.8, 4) is 0 Å². The molecule has 15 heavy (non-hydrogen) atoms. The average molecular weight is 202 g/mol. The van der Waals surface area contributed by atoms with Crippen LogP contribution in [-0.2, 0) is 6.42 Å². The molecule has 0 aliphatic carbocycles. The van der Waals surface area contributed by atoms with Gasteiger partial charge in [0.1, 0.15) is 0 Å². The first-order chi connectivity index (χ1) is 7.22. The number of nitrogens with one attached hydrogen (secondary N) is 1. The molecule has 1 heterocycles. The lowest BCUT2D eigenvalue weighted by Crippen LogP contribution is -2.00. The van der Waals surface area contributed by atoms with Crippen LogP contribution in [0.5, 0.6) is 0 Å². The maximum atomic E-state index is 5.52. The van der Waals surface area contributed by atoms with Crippen LogP contribution in [0.1, 0.15) is 23.2 Å². The Morgan fingerprint density at radius 2 is 2.07 bits per heavy atom. The molecule has 0 atom stereocenters. The van der Waals surface area contributed by atoms with Crippen LogP contribution >= 0.6 is 0 Å². The smallest absolute Gasteiger partial charge is 0.0458 e. The van der Waals surface area contributed by atoms with E-state index in [9.17, 15) is 0 Å². The molecule has 0 aliphatic rings. The number of aromatic amines is 1. The van der Waals surface area contributed by atoms with E-state index in [-0.39, 0.29) is 0 Å². The number of fused-ring (bicyclic) bond motifs is 1. The molecule has 2 heteroatoms. The normalized spacial score (nSPS) is 11.1. The summed E-state index contributed by atoms with van der Waals surface area (Å²) >= 11 is 0. The second-order valence-corrected chi connectivity index (χ2v) is 4.15. The number of nitrogens with two attached hydrogens (primary N) is 1. The Bertz CT molecular complexity index is 469. The molecule has 0 saturated carbocycles. The fourth-order valence-corrected chi connectivity index (χ4v) is 1.97. The zero-order chi connectivity index (χ0) is 10.8. The summed E-state index contributed by atoms with van der Waals surface area (Å²) in [6.07, 6.45) is 2.14. The van der Waals surface area contributed by atoms with Crippen LogP contribution in [0.4, 0.5) is 0 Å². The molecule has 0 spiro atoms. The number of rotatable bonds is 3. The minimum absolute atomic E-state index is 0.767. The number of benzene rings is 1. The molecule has 2 aromatic rings. The van der Waals surface area contributed by atoms with Gasteiger partial charge in [-0.2, -0.15) is 0 Å². The molecule has 80 valence electrons. The summed E-state index contributed by atoms with van der Waals surface area (Å²) < 4.78 is 0. The second-order valence-electron chi connectivity index (χ2n) is 4.15. The molecule has 0 amide bonds. The van der Waals surface area contributed by atoms with Crippen molar-refractivity contribution in [3.05, 3.63) is 35.0 Å². The van der Waals surface area contributed by atoms with Crippen molar-refractivity contribution in [3.63, 3.8) is 0 Å². The zero-order valence-electron chi connectivity index (χ0n) is 9.43. The van der Waals surface area contributed by atoms with Crippen LogP contribution in [0.3, 0.4) is 0 Å². The molecule has 0 fully saturated rings. The third kappa shape index (κ3) is 1.90. The van der Waals surface area contributed by atoms with E-state index in [1.807, 2.05) is 0 Å². The average Bonchev–Trinajstić information content (AvgIpc) is 2.52. The second kappa shape index (κ2) is 4.07. The minimum atomic E-state index is 0.767. The van der Waals surface area contributed by atoms with Gasteiger partial charge in [0.05, 0.1) is 0 Å². The molecule has 0 saturated heterocycles. The third-order valence-electron chi connectivity index (χ3n) is 3.04. The molecular weight excluding hydrogens is 184 g/mol. The molecule has 3 N–H and O–H groups in total. The van der Waals surface area contributed by atoms with Crippen LogP contribution < -0.4 is 5.73 Å². The summed E-state index contributed by atoms with van der Waals surface area (Å²) in [6.45, 7) is 5.05. The van der Waals surface area contributed by atoms with Crippen LogP contribution in [-0.4, -0.2) is 11.5 Å². The molecule has 0 aliphatic heterocycles. The molecular formula is C13H18N2. The van der Waals surface area contributed by atoms with E-state index in [1.54, 1.807) is 0 Å². The Labute approximate surface area is 90.5 Å². The molecule has 0 bridgehead atoms. The number of aromatic nitrogens is 1. The monoisotopic (exact) mass is 202 g/mol. The quantitative estimate of drug-likeness (QED) is 0.789. The number of hydrogen-bond acceptors (Lipinski definition) is 1. The summed E-state index contributed by atoms with van der Waals surface area (Å²) in [5.74, 6) is 0. The lowest BCUT2D eigenvalue weighted by atomic mass is 10.1. The highest BCUT2D eigenvalue weighted by Crippen LogP contribution is 2.22. The summed E-state index contributed by atoms with van der Waals surface area (Å²) in [5, 5.41) is 1.35. The van der Waals surface area contributed by atoms with Crippen molar-refractivity contribution in [1.29, 1.82) is 0 Å². The molecule has 1 aromatic carbocycles. The molecule has 1 aromatic heterocycles. The Hall–Kier alpha value is -1.28. The van der Waals surface area contributed by atoms with Gasteiger partial charge in [0, 0.05) is 16.6 Å². The largest absolute Gasteiger partial charge is 0.358 e. The fraction of sp³-hybridized carbons (Fsp3) is 0.385. The van der Waals surface area contributed by atoms with Gasteiger partial charge in [-0.15, -0.1) is 0 Å². The fourth-order valence-electron chi connectivity index (χ4n) is 1.97. The predicted octanol–water partition coefficient (Wildman–Crippen LogP) is 2.68. The highest BCUT2D eigenvalue weighted by atomic mass is 14.7. The minimum Gasteiger partial charge on any atom is -0.358 e. The molecule has 2 rings (SSSR count). The Kier molecular flexibility index (Phi) is 2.78. The first-order valence-electron chi connectivity index (χ1n) is 5.50. The highest BCUT2D eigenvalue weighted by Gasteiger charge is 2.04. The van der Waals surface area contributed by atoms with Crippen LogP contribution in [0, 0.1) is 13.8 Å². The van der Waals surface area contributed by atoms with Crippen molar-refractivity contribution < 1.29 is 0 Å². The lowest BCUT2D eigenvalue weighted by molar-refractivity contribution is 0.833. The molecule has 0 unspecified atom stereocenters. The zero-order valence-corrected chi connectivity index (χ0v) is 9.43. The maximum absolute atomic E-state index is 5.52. The van der Waals surface area contributed by atoms with Gasteiger partial charge < -0.3 is 10.7 Å². The van der Waals surface area contributed by atoms with E-state index < -0.39 is 0 Å². The van der Waals surface area contributed by atoms with Gasteiger partial charge in [-0.25, -0.2) is 0 Å². The predicted molar refractivity (Wildman–Crippen MR) is 65.1 cm³/mol. The Morgan fingerprint density at radius 3 is 2.80 bits per heavy atom. The van der Waals surface area contributed by atoms with E-state index in [1.165, 1.54) is 27.7 Å². The van der Waals surface area contributed by atoms with Gasteiger partial charge in [-0.3, -0.25) is 0 Å². The van der Waals surface area contributed by atoms with Gasteiger partial charge in [0.25, 0.3) is 0 Å². The molecule has 2 nitrogen and oxygen atoms in total. The van der Waals surface area contributed by atoms with E-state index in [2.05, 4.69) is 37.0 Å². The van der Waals surface area contributed by atoms with Crippen molar-refractivity contribution in [2.45, 2.75) is 26.7 Å². The van der Waals surface area contributed by atoms with E-state index in [0.717, 1.165) is 19.4 Å². The van der Waals surface area contributed by atoms with Crippen LogP contribution in [0.2, 0.25) is 0 Å². The number of aryl methyl sites for hydroxylation is 3. The Balaban J connectivity index is 2.41. The van der Waals surface area contributed by atoms with E-state index in [0.29, 0.717) is 0 Å². The van der Waals surface area contributed by atoms with Gasteiger partial charge in [-0.1, -0.05) is 6.07 Å². The van der Waals surface area contributed by atoms with Crippen LogP contribution in [0.15, 0.2) is 18.2 Å². The van der Waals surface area contributed by atoms with Crippen molar-refractivity contribution >= 4 is 10.9 Å². The maximum Gasteiger partial charge on any atom is 0.0458 e. The van der Waals surface area contributed by atoms with Gasteiger partial charge in [0.2, 0.25) is 0 Å². The highest BCUT2D eigenvalue weighted by molar-refractivity contribution is 5.84. The van der Waals surface area contributed by atoms with Gasteiger partial charge >= 0.3 is 0 Å². The number of hydrogen-bond donors (Lipinski definition) is 2. The first-order valence-corrected chi connectivity index (χ1v) is 5.50. The number of H-pyrrole nitrogens is 1. The SMILES string of the molecule is Cc1[nH]c2ccc(CCCN)cc2c1C. The van der Waals surface area contributed by atoms with Crippen LogP contribution in [0.25, 0.3) is 10.9 Å². The standard InChI is InChI=1S/C13H18N2/c1-9-10(2)15-13-6-5-11(4-3-7-14)8-12(9)13/h5-6,8,15H,3-4,7,14H2,1-2H3. The van der Waals surface area contributed by atoms with Crippen molar-refractivity contribution in [2.24, 2.45) is 5.73 Å². The van der Waals surface area contributed by atoms with Crippen molar-refractivity contribution in [2.75, 3.05) is 6.54 Å². The Morgan fingerprint density at radius 1 is 1.27 bits per heavy atom.